The number of rotatable bonds is 6. The first-order valence-electron chi connectivity index (χ1n) is 6.28. The summed E-state index contributed by atoms with van der Waals surface area (Å²) in [5.41, 5.74) is 0.917. The third-order valence-corrected chi connectivity index (χ3v) is 4.37. The topological polar surface area (TPSA) is 49.3 Å². The number of aliphatic hydroxyl groups excluding tert-OH is 1. The van der Waals surface area contributed by atoms with Gasteiger partial charge < -0.3 is 10.4 Å². The zero-order valence-corrected chi connectivity index (χ0v) is 11.2. The Balaban J connectivity index is 1.69. The molecule has 0 heterocycles. The van der Waals surface area contributed by atoms with Crippen LogP contribution in [0.4, 0.5) is 0 Å². The first kappa shape index (κ1) is 13.4. The highest BCUT2D eigenvalue weighted by molar-refractivity contribution is 7.99. The maximum atomic E-state index is 11.8. The van der Waals surface area contributed by atoms with Gasteiger partial charge in [-0.15, -0.1) is 11.8 Å². The molecule has 1 aliphatic carbocycles. The second-order valence-corrected chi connectivity index (χ2v) is 5.80. The minimum Gasteiger partial charge on any atom is -0.394 e. The monoisotopic (exact) mass is 265 g/mol. The SMILES string of the molecule is O=C(CSCc1ccccc1)NC1(CO)CCC1. The van der Waals surface area contributed by atoms with Crippen molar-refractivity contribution < 1.29 is 9.90 Å². The Hall–Kier alpha value is -1.00. The number of amides is 1. The predicted molar refractivity (Wildman–Crippen MR) is 74.4 cm³/mol. The van der Waals surface area contributed by atoms with Crippen molar-refractivity contribution in [3.8, 4) is 0 Å². The van der Waals surface area contributed by atoms with Gasteiger partial charge in [-0.3, -0.25) is 4.79 Å². The second kappa shape index (κ2) is 6.25. The van der Waals surface area contributed by atoms with Crippen LogP contribution in [0.2, 0.25) is 0 Å². The Morgan fingerprint density at radius 2 is 2.06 bits per heavy atom. The van der Waals surface area contributed by atoms with E-state index >= 15 is 0 Å². The van der Waals surface area contributed by atoms with Crippen molar-refractivity contribution in [1.29, 1.82) is 0 Å². The van der Waals surface area contributed by atoms with Crippen LogP contribution in [0.25, 0.3) is 0 Å². The zero-order valence-electron chi connectivity index (χ0n) is 10.4. The van der Waals surface area contributed by atoms with E-state index in [2.05, 4.69) is 17.4 Å². The largest absolute Gasteiger partial charge is 0.394 e. The molecule has 1 amide bonds. The highest BCUT2D eigenvalue weighted by atomic mass is 32.2. The summed E-state index contributed by atoms with van der Waals surface area (Å²) in [7, 11) is 0. The van der Waals surface area contributed by atoms with Crippen LogP contribution >= 0.6 is 11.8 Å². The lowest BCUT2D eigenvalue weighted by Crippen LogP contribution is -2.56. The summed E-state index contributed by atoms with van der Waals surface area (Å²) in [6.07, 6.45) is 2.90. The molecule has 1 aromatic carbocycles. The molecule has 1 fully saturated rings. The van der Waals surface area contributed by atoms with Gasteiger partial charge in [0.25, 0.3) is 0 Å². The van der Waals surface area contributed by atoms with E-state index in [4.69, 9.17) is 0 Å². The Bertz CT molecular complexity index is 385. The average Bonchev–Trinajstić information content (AvgIpc) is 2.35. The maximum absolute atomic E-state index is 11.8. The first-order valence-corrected chi connectivity index (χ1v) is 7.43. The van der Waals surface area contributed by atoms with Crippen molar-refractivity contribution >= 4 is 17.7 Å². The van der Waals surface area contributed by atoms with E-state index in [1.165, 1.54) is 5.56 Å². The Morgan fingerprint density at radius 1 is 1.33 bits per heavy atom. The Kier molecular flexibility index (Phi) is 4.66. The molecular formula is C14H19NO2S. The van der Waals surface area contributed by atoms with E-state index in [1.54, 1.807) is 11.8 Å². The number of carbonyl (C=O) groups excluding carboxylic acids is 1. The predicted octanol–water partition coefficient (Wildman–Crippen LogP) is 1.95. The molecule has 1 aliphatic rings. The third kappa shape index (κ3) is 3.50. The third-order valence-electron chi connectivity index (χ3n) is 3.36. The van der Waals surface area contributed by atoms with Crippen molar-refractivity contribution in [3.63, 3.8) is 0 Å². The van der Waals surface area contributed by atoms with Gasteiger partial charge in [0.1, 0.15) is 0 Å². The molecule has 0 atom stereocenters. The van der Waals surface area contributed by atoms with E-state index in [1.807, 2.05) is 18.2 Å². The van der Waals surface area contributed by atoms with E-state index in [-0.39, 0.29) is 18.1 Å². The lowest BCUT2D eigenvalue weighted by molar-refractivity contribution is -0.122. The van der Waals surface area contributed by atoms with Crippen LogP contribution in [-0.2, 0) is 10.5 Å². The van der Waals surface area contributed by atoms with Crippen molar-refractivity contribution in [2.75, 3.05) is 12.4 Å². The van der Waals surface area contributed by atoms with Gasteiger partial charge in [0.05, 0.1) is 17.9 Å². The van der Waals surface area contributed by atoms with Gasteiger partial charge in [0, 0.05) is 5.75 Å². The Labute approximate surface area is 112 Å². The first-order chi connectivity index (χ1) is 8.74. The van der Waals surface area contributed by atoms with E-state index in [0.717, 1.165) is 25.0 Å². The van der Waals surface area contributed by atoms with Crippen LogP contribution in [0, 0.1) is 0 Å². The van der Waals surface area contributed by atoms with Gasteiger partial charge >= 0.3 is 0 Å². The molecule has 0 aliphatic heterocycles. The summed E-state index contributed by atoms with van der Waals surface area (Å²) in [4.78, 5) is 11.8. The molecule has 0 aromatic heterocycles. The van der Waals surface area contributed by atoms with Gasteiger partial charge in [-0.05, 0) is 24.8 Å². The van der Waals surface area contributed by atoms with E-state index in [9.17, 15) is 9.90 Å². The molecule has 1 aromatic rings. The molecule has 0 spiro atoms. The molecule has 0 saturated heterocycles. The van der Waals surface area contributed by atoms with Crippen molar-refractivity contribution in [2.24, 2.45) is 0 Å². The smallest absolute Gasteiger partial charge is 0.230 e. The van der Waals surface area contributed by atoms with Crippen molar-refractivity contribution in [3.05, 3.63) is 35.9 Å². The van der Waals surface area contributed by atoms with Crippen LogP contribution in [0.3, 0.4) is 0 Å². The minimum absolute atomic E-state index is 0.0321. The lowest BCUT2D eigenvalue weighted by atomic mass is 9.77. The number of aliphatic hydroxyl groups is 1. The highest BCUT2D eigenvalue weighted by Gasteiger charge is 2.37. The molecule has 2 N–H and O–H groups in total. The summed E-state index contributed by atoms with van der Waals surface area (Å²) in [5, 5.41) is 12.2. The van der Waals surface area contributed by atoms with Gasteiger partial charge in [-0.25, -0.2) is 0 Å². The minimum atomic E-state index is -0.315. The molecule has 3 nitrogen and oxygen atoms in total. The summed E-state index contributed by atoms with van der Waals surface area (Å²) in [5.74, 6) is 1.33. The van der Waals surface area contributed by atoms with Crippen molar-refractivity contribution in [2.45, 2.75) is 30.6 Å². The molecule has 0 bridgehead atoms. The van der Waals surface area contributed by atoms with Gasteiger partial charge in [-0.2, -0.15) is 0 Å². The molecule has 1 saturated carbocycles. The average molecular weight is 265 g/mol. The normalized spacial score (nSPS) is 16.9. The van der Waals surface area contributed by atoms with Crippen LogP contribution in [0.15, 0.2) is 30.3 Å². The molecule has 0 unspecified atom stereocenters. The quantitative estimate of drug-likeness (QED) is 0.826. The van der Waals surface area contributed by atoms with Crippen LogP contribution in [0.1, 0.15) is 24.8 Å². The molecule has 4 heteroatoms. The van der Waals surface area contributed by atoms with Crippen molar-refractivity contribution in [1.82, 2.24) is 5.32 Å². The zero-order chi connectivity index (χ0) is 12.8. The Morgan fingerprint density at radius 3 is 2.61 bits per heavy atom. The fraction of sp³-hybridized carbons (Fsp3) is 0.500. The van der Waals surface area contributed by atoms with Crippen LogP contribution in [0.5, 0.6) is 0 Å². The van der Waals surface area contributed by atoms with Crippen LogP contribution in [-0.4, -0.2) is 28.9 Å². The molecule has 98 valence electrons. The number of hydrogen-bond donors (Lipinski definition) is 2. The number of thioether (sulfide) groups is 1. The molecule has 0 radical (unpaired) electrons. The van der Waals surface area contributed by atoms with E-state index in [0.29, 0.717) is 5.75 Å². The molecular weight excluding hydrogens is 246 g/mol. The summed E-state index contributed by atoms with van der Waals surface area (Å²) in [6.45, 7) is 0.0576. The second-order valence-electron chi connectivity index (χ2n) is 4.82. The van der Waals surface area contributed by atoms with Gasteiger partial charge in [0.2, 0.25) is 5.91 Å². The maximum Gasteiger partial charge on any atom is 0.230 e. The number of benzene rings is 1. The number of hydrogen-bond acceptors (Lipinski definition) is 3. The summed E-state index contributed by atoms with van der Waals surface area (Å²) in [6, 6.07) is 10.1. The lowest BCUT2D eigenvalue weighted by Gasteiger charge is -2.40. The fourth-order valence-electron chi connectivity index (χ4n) is 2.09. The van der Waals surface area contributed by atoms with Gasteiger partial charge in [-0.1, -0.05) is 30.3 Å². The summed E-state index contributed by atoms with van der Waals surface area (Å²) >= 11 is 1.61. The summed E-state index contributed by atoms with van der Waals surface area (Å²) < 4.78 is 0. The number of carbonyl (C=O) groups is 1. The standard InChI is InChI=1S/C14H19NO2S/c16-11-14(7-4-8-14)15-13(17)10-18-9-12-5-2-1-3-6-12/h1-3,5-6,16H,4,7-11H2,(H,15,17). The van der Waals surface area contributed by atoms with E-state index < -0.39 is 0 Å². The number of nitrogens with one attached hydrogen (secondary N) is 1. The molecule has 18 heavy (non-hydrogen) atoms. The van der Waals surface area contributed by atoms with Crippen LogP contribution < -0.4 is 5.32 Å². The highest BCUT2D eigenvalue weighted by Crippen LogP contribution is 2.31. The van der Waals surface area contributed by atoms with Gasteiger partial charge in [0.15, 0.2) is 0 Å². The molecule has 2 rings (SSSR count). The fourth-order valence-corrected chi connectivity index (χ4v) is 2.88.